The van der Waals surface area contributed by atoms with E-state index >= 15 is 0 Å². The molecular formula is C22H21ClN2O4S. The molecule has 0 saturated heterocycles. The number of hydrogen-bond donors (Lipinski definition) is 3. The van der Waals surface area contributed by atoms with E-state index in [-0.39, 0.29) is 23.0 Å². The van der Waals surface area contributed by atoms with Crippen molar-refractivity contribution < 1.29 is 18.3 Å². The molecular weight excluding hydrogens is 424 g/mol. The summed E-state index contributed by atoms with van der Waals surface area (Å²) in [5, 5.41) is 13.0. The van der Waals surface area contributed by atoms with E-state index in [1.54, 1.807) is 67.6 Å². The Labute approximate surface area is 180 Å². The number of benzene rings is 3. The van der Waals surface area contributed by atoms with Crippen LogP contribution >= 0.6 is 11.6 Å². The van der Waals surface area contributed by atoms with Gasteiger partial charge in [-0.15, -0.1) is 0 Å². The van der Waals surface area contributed by atoms with Gasteiger partial charge in [0.2, 0.25) is 5.91 Å². The van der Waals surface area contributed by atoms with Crippen LogP contribution in [0.25, 0.3) is 0 Å². The van der Waals surface area contributed by atoms with Crippen LogP contribution in [0.4, 0.5) is 11.4 Å². The average Bonchev–Trinajstić information content (AvgIpc) is 2.70. The van der Waals surface area contributed by atoms with Gasteiger partial charge in [-0.25, -0.2) is 8.42 Å². The van der Waals surface area contributed by atoms with Crippen LogP contribution < -0.4 is 10.0 Å². The number of aryl methyl sites for hydroxylation is 2. The molecule has 0 atom stereocenters. The third kappa shape index (κ3) is 5.52. The van der Waals surface area contributed by atoms with E-state index in [2.05, 4.69) is 10.0 Å². The summed E-state index contributed by atoms with van der Waals surface area (Å²) in [6.45, 7) is 1.68. The lowest BCUT2D eigenvalue weighted by Gasteiger charge is -2.13. The van der Waals surface area contributed by atoms with Crippen molar-refractivity contribution >= 4 is 38.9 Å². The van der Waals surface area contributed by atoms with Crippen molar-refractivity contribution in [2.75, 3.05) is 10.0 Å². The van der Waals surface area contributed by atoms with E-state index in [1.807, 2.05) is 0 Å². The van der Waals surface area contributed by atoms with Gasteiger partial charge in [0.05, 0.1) is 4.90 Å². The molecule has 1 amide bonds. The molecule has 0 aromatic heterocycles. The first-order chi connectivity index (χ1) is 14.2. The van der Waals surface area contributed by atoms with Crippen LogP contribution in [0.1, 0.15) is 17.5 Å². The Bertz CT molecular complexity index is 1160. The zero-order valence-corrected chi connectivity index (χ0v) is 17.8. The summed E-state index contributed by atoms with van der Waals surface area (Å²) in [6.07, 6.45) is 0.518. The summed E-state index contributed by atoms with van der Waals surface area (Å²) in [5.41, 5.74) is 1.98. The van der Waals surface area contributed by atoms with Gasteiger partial charge in [-0.1, -0.05) is 35.9 Å². The standard InChI is InChI=1S/C22H21ClN2O4S/c1-15-6-10-19(24-22(27)13-7-16-4-2-3-5-20(16)26)14-21(15)30(28,29)25-18-11-8-17(23)9-12-18/h2-6,8-12,14,25-26H,7,13H2,1H3,(H,24,27). The molecule has 30 heavy (non-hydrogen) atoms. The Morgan fingerprint density at radius 1 is 1.00 bits per heavy atom. The molecule has 0 fully saturated rings. The van der Waals surface area contributed by atoms with Gasteiger partial charge in [-0.3, -0.25) is 9.52 Å². The molecule has 3 rings (SSSR count). The first-order valence-corrected chi connectivity index (χ1v) is 11.1. The van der Waals surface area contributed by atoms with Crippen LogP contribution in [-0.4, -0.2) is 19.4 Å². The van der Waals surface area contributed by atoms with Gasteiger partial charge in [0.15, 0.2) is 0 Å². The van der Waals surface area contributed by atoms with E-state index in [1.165, 1.54) is 6.07 Å². The number of carbonyl (C=O) groups is 1. The lowest BCUT2D eigenvalue weighted by Crippen LogP contribution is -2.16. The summed E-state index contributed by atoms with van der Waals surface area (Å²) in [6, 6.07) is 17.8. The van der Waals surface area contributed by atoms with Crippen LogP contribution in [0.5, 0.6) is 5.75 Å². The summed E-state index contributed by atoms with van der Waals surface area (Å²) >= 11 is 5.84. The Hall–Kier alpha value is -3.03. The number of phenols is 1. The fourth-order valence-corrected chi connectivity index (χ4v) is 4.35. The number of nitrogens with one attached hydrogen (secondary N) is 2. The van der Waals surface area contributed by atoms with Crippen molar-refractivity contribution in [2.24, 2.45) is 0 Å². The molecule has 0 aliphatic carbocycles. The zero-order valence-electron chi connectivity index (χ0n) is 16.2. The number of phenolic OH excluding ortho intramolecular Hbond substituents is 1. The van der Waals surface area contributed by atoms with Gasteiger partial charge < -0.3 is 10.4 Å². The van der Waals surface area contributed by atoms with Crippen molar-refractivity contribution in [1.82, 2.24) is 0 Å². The number of halogens is 1. The van der Waals surface area contributed by atoms with Gasteiger partial charge >= 0.3 is 0 Å². The summed E-state index contributed by atoms with van der Waals surface area (Å²) in [5.74, 6) is -0.140. The van der Waals surface area contributed by atoms with Crippen molar-refractivity contribution in [2.45, 2.75) is 24.7 Å². The SMILES string of the molecule is Cc1ccc(NC(=O)CCc2ccccc2O)cc1S(=O)(=O)Nc1ccc(Cl)cc1. The molecule has 6 nitrogen and oxygen atoms in total. The van der Waals surface area contributed by atoms with Crippen molar-refractivity contribution in [3.63, 3.8) is 0 Å². The van der Waals surface area contributed by atoms with Crippen LogP contribution in [-0.2, 0) is 21.2 Å². The Kier molecular flexibility index (Phi) is 6.64. The number of sulfonamides is 1. The van der Waals surface area contributed by atoms with Crippen LogP contribution in [0, 0.1) is 6.92 Å². The highest BCUT2D eigenvalue weighted by Gasteiger charge is 2.18. The monoisotopic (exact) mass is 444 g/mol. The predicted molar refractivity (Wildman–Crippen MR) is 118 cm³/mol. The molecule has 0 radical (unpaired) electrons. The van der Waals surface area contributed by atoms with Gasteiger partial charge in [0.25, 0.3) is 10.0 Å². The number of aromatic hydroxyl groups is 1. The van der Waals surface area contributed by atoms with Gasteiger partial charge in [-0.05, 0) is 66.9 Å². The molecule has 0 saturated carbocycles. The maximum absolute atomic E-state index is 12.8. The molecule has 3 aromatic rings. The van der Waals surface area contributed by atoms with E-state index < -0.39 is 10.0 Å². The average molecular weight is 445 g/mol. The largest absolute Gasteiger partial charge is 0.508 e. The second-order valence-electron chi connectivity index (χ2n) is 6.77. The smallest absolute Gasteiger partial charge is 0.262 e. The molecule has 0 aliphatic rings. The van der Waals surface area contributed by atoms with Crippen molar-refractivity contribution in [3.05, 3.63) is 82.9 Å². The minimum Gasteiger partial charge on any atom is -0.508 e. The zero-order chi connectivity index (χ0) is 21.7. The normalized spacial score (nSPS) is 11.1. The Balaban J connectivity index is 1.71. The number of para-hydroxylation sites is 1. The van der Waals surface area contributed by atoms with Gasteiger partial charge in [0, 0.05) is 22.8 Å². The fourth-order valence-electron chi connectivity index (χ4n) is 2.89. The third-order valence-electron chi connectivity index (χ3n) is 4.47. The van der Waals surface area contributed by atoms with Crippen LogP contribution in [0.15, 0.2) is 71.6 Å². The van der Waals surface area contributed by atoms with Crippen LogP contribution in [0.2, 0.25) is 5.02 Å². The van der Waals surface area contributed by atoms with Crippen molar-refractivity contribution in [3.8, 4) is 5.75 Å². The maximum Gasteiger partial charge on any atom is 0.262 e. The highest BCUT2D eigenvalue weighted by Crippen LogP contribution is 2.24. The van der Waals surface area contributed by atoms with Crippen LogP contribution in [0.3, 0.4) is 0 Å². The first kappa shape index (κ1) is 21.7. The van der Waals surface area contributed by atoms with E-state index in [0.29, 0.717) is 33.9 Å². The molecule has 0 unspecified atom stereocenters. The molecule has 0 bridgehead atoms. The number of amides is 1. The maximum atomic E-state index is 12.8. The summed E-state index contributed by atoms with van der Waals surface area (Å²) < 4.78 is 28.1. The molecule has 3 N–H and O–H groups in total. The molecule has 0 heterocycles. The minimum atomic E-state index is -3.85. The quantitative estimate of drug-likeness (QED) is 0.491. The predicted octanol–water partition coefficient (Wildman–Crippen LogP) is 4.73. The molecule has 3 aromatic carbocycles. The molecule has 0 aliphatic heterocycles. The number of rotatable bonds is 7. The van der Waals surface area contributed by atoms with E-state index in [0.717, 1.165) is 0 Å². The number of carbonyl (C=O) groups excluding carboxylic acids is 1. The lowest BCUT2D eigenvalue weighted by molar-refractivity contribution is -0.116. The summed E-state index contributed by atoms with van der Waals surface area (Å²) in [4.78, 5) is 12.4. The minimum absolute atomic E-state index is 0.0657. The Morgan fingerprint density at radius 2 is 1.67 bits per heavy atom. The second-order valence-corrected chi connectivity index (χ2v) is 8.86. The fraction of sp³-hybridized carbons (Fsp3) is 0.136. The van der Waals surface area contributed by atoms with Gasteiger partial charge in [0.1, 0.15) is 5.75 Å². The number of hydrogen-bond acceptors (Lipinski definition) is 4. The topological polar surface area (TPSA) is 95.5 Å². The molecule has 8 heteroatoms. The third-order valence-corrected chi connectivity index (χ3v) is 6.25. The first-order valence-electron chi connectivity index (χ1n) is 9.20. The van der Waals surface area contributed by atoms with E-state index in [4.69, 9.17) is 11.6 Å². The van der Waals surface area contributed by atoms with Crippen molar-refractivity contribution in [1.29, 1.82) is 0 Å². The molecule has 156 valence electrons. The highest BCUT2D eigenvalue weighted by molar-refractivity contribution is 7.92. The van der Waals surface area contributed by atoms with E-state index in [9.17, 15) is 18.3 Å². The lowest BCUT2D eigenvalue weighted by atomic mass is 10.1. The molecule has 0 spiro atoms. The summed E-state index contributed by atoms with van der Waals surface area (Å²) in [7, 11) is -3.85. The highest BCUT2D eigenvalue weighted by atomic mass is 35.5. The number of anilines is 2. The second kappa shape index (κ2) is 9.19. The van der Waals surface area contributed by atoms with Gasteiger partial charge in [-0.2, -0.15) is 0 Å². The Morgan fingerprint density at radius 3 is 2.37 bits per heavy atom.